The SMILES string of the molecule is Cc1ccnc2sc(C(=O)NCc3ccn(C)n3)c(N)c12. The van der Waals surface area contributed by atoms with Gasteiger partial charge >= 0.3 is 0 Å². The van der Waals surface area contributed by atoms with Crippen LogP contribution in [0.3, 0.4) is 0 Å². The Hall–Kier alpha value is -2.41. The van der Waals surface area contributed by atoms with E-state index in [1.807, 2.05) is 32.3 Å². The van der Waals surface area contributed by atoms with Crippen molar-refractivity contribution in [3.8, 4) is 0 Å². The number of rotatable bonds is 3. The highest BCUT2D eigenvalue weighted by Crippen LogP contribution is 2.34. The van der Waals surface area contributed by atoms with Gasteiger partial charge in [-0.2, -0.15) is 5.10 Å². The molecule has 0 aliphatic heterocycles. The lowest BCUT2D eigenvalue weighted by molar-refractivity contribution is 0.0955. The number of amides is 1. The van der Waals surface area contributed by atoms with Gasteiger partial charge in [0.2, 0.25) is 0 Å². The van der Waals surface area contributed by atoms with Gasteiger partial charge in [0.25, 0.3) is 5.91 Å². The number of hydrogen-bond acceptors (Lipinski definition) is 5. The molecule has 3 rings (SSSR count). The molecule has 0 spiro atoms. The van der Waals surface area contributed by atoms with E-state index in [1.54, 1.807) is 10.9 Å². The van der Waals surface area contributed by atoms with E-state index in [9.17, 15) is 4.79 Å². The zero-order valence-corrected chi connectivity index (χ0v) is 12.6. The highest BCUT2D eigenvalue weighted by atomic mass is 32.1. The summed E-state index contributed by atoms with van der Waals surface area (Å²) < 4.78 is 1.70. The van der Waals surface area contributed by atoms with Gasteiger partial charge < -0.3 is 11.1 Å². The monoisotopic (exact) mass is 301 g/mol. The Kier molecular flexibility index (Phi) is 3.34. The third-order valence-corrected chi connectivity index (χ3v) is 4.35. The summed E-state index contributed by atoms with van der Waals surface area (Å²) in [6, 6.07) is 3.75. The molecule has 3 aromatic rings. The molecule has 0 saturated heterocycles. The molecule has 21 heavy (non-hydrogen) atoms. The summed E-state index contributed by atoms with van der Waals surface area (Å²) in [6.07, 6.45) is 3.56. The van der Waals surface area contributed by atoms with Crippen LogP contribution in [-0.4, -0.2) is 20.7 Å². The summed E-state index contributed by atoms with van der Waals surface area (Å²) >= 11 is 1.31. The van der Waals surface area contributed by atoms with Gasteiger partial charge in [0.1, 0.15) is 9.71 Å². The summed E-state index contributed by atoms with van der Waals surface area (Å²) in [5.74, 6) is -0.194. The quantitative estimate of drug-likeness (QED) is 0.773. The van der Waals surface area contributed by atoms with Crippen LogP contribution in [-0.2, 0) is 13.6 Å². The van der Waals surface area contributed by atoms with Crippen LogP contribution in [0.2, 0.25) is 0 Å². The number of aromatic nitrogens is 3. The molecule has 3 heterocycles. The van der Waals surface area contributed by atoms with Gasteiger partial charge in [0.05, 0.1) is 17.9 Å². The number of carbonyl (C=O) groups is 1. The molecule has 108 valence electrons. The molecular weight excluding hydrogens is 286 g/mol. The fourth-order valence-electron chi connectivity index (χ4n) is 2.18. The number of carbonyl (C=O) groups excluding carboxylic acids is 1. The molecule has 0 atom stereocenters. The Morgan fingerprint density at radius 1 is 1.48 bits per heavy atom. The van der Waals surface area contributed by atoms with Crippen molar-refractivity contribution in [2.24, 2.45) is 7.05 Å². The third-order valence-electron chi connectivity index (χ3n) is 3.24. The lowest BCUT2D eigenvalue weighted by atomic mass is 10.2. The summed E-state index contributed by atoms with van der Waals surface area (Å²) in [7, 11) is 1.84. The number of nitrogens with one attached hydrogen (secondary N) is 1. The van der Waals surface area contributed by atoms with Crippen molar-refractivity contribution in [3.63, 3.8) is 0 Å². The van der Waals surface area contributed by atoms with Crippen LogP contribution in [0.1, 0.15) is 20.9 Å². The minimum atomic E-state index is -0.194. The molecule has 0 bridgehead atoms. The zero-order chi connectivity index (χ0) is 15.0. The minimum Gasteiger partial charge on any atom is -0.397 e. The van der Waals surface area contributed by atoms with Crippen LogP contribution in [0.15, 0.2) is 24.5 Å². The maximum Gasteiger partial charge on any atom is 0.263 e. The topological polar surface area (TPSA) is 85.8 Å². The number of nitrogen functional groups attached to an aromatic ring is 1. The zero-order valence-electron chi connectivity index (χ0n) is 11.8. The fraction of sp³-hybridized carbons (Fsp3) is 0.214. The highest BCUT2D eigenvalue weighted by Gasteiger charge is 2.18. The fourth-order valence-corrected chi connectivity index (χ4v) is 3.24. The Labute approximate surface area is 125 Å². The Morgan fingerprint density at radius 3 is 2.95 bits per heavy atom. The van der Waals surface area contributed by atoms with E-state index < -0.39 is 0 Å². The maximum atomic E-state index is 12.3. The Morgan fingerprint density at radius 2 is 2.29 bits per heavy atom. The van der Waals surface area contributed by atoms with Crippen LogP contribution < -0.4 is 11.1 Å². The van der Waals surface area contributed by atoms with Gasteiger partial charge in [-0.1, -0.05) is 0 Å². The lowest BCUT2D eigenvalue weighted by Crippen LogP contribution is -2.23. The first-order valence-corrected chi connectivity index (χ1v) is 7.28. The van der Waals surface area contributed by atoms with Crippen LogP contribution in [0, 0.1) is 6.92 Å². The molecule has 1 amide bonds. The number of thiophene rings is 1. The molecule has 0 radical (unpaired) electrons. The van der Waals surface area contributed by atoms with Gasteiger partial charge in [-0.05, 0) is 24.6 Å². The second kappa shape index (κ2) is 5.17. The number of pyridine rings is 1. The Balaban J connectivity index is 1.84. The molecule has 0 aromatic carbocycles. The van der Waals surface area contributed by atoms with Crippen molar-refractivity contribution < 1.29 is 4.79 Å². The van der Waals surface area contributed by atoms with E-state index in [-0.39, 0.29) is 5.91 Å². The van der Waals surface area contributed by atoms with E-state index in [4.69, 9.17) is 5.73 Å². The lowest BCUT2D eigenvalue weighted by Gasteiger charge is -2.02. The molecule has 0 aliphatic carbocycles. The van der Waals surface area contributed by atoms with Crippen molar-refractivity contribution >= 4 is 33.1 Å². The average molecular weight is 301 g/mol. The molecule has 0 fully saturated rings. The highest BCUT2D eigenvalue weighted by molar-refractivity contribution is 7.21. The van der Waals surface area contributed by atoms with Gasteiger partial charge in [-0.15, -0.1) is 11.3 Å². The molecule has 0 unspecified atom stereocenters. The molecule has 3 N–H and O–H groups in total. The van der Waals surface area contributed by atoms with Crippen molar-refractivity contribution in [2.45, 2.75) is 13.5 Å². The standard InChI is InChI=1S/C14H15N5OS/c1-8-3-5-16-14-10(8)11(15)12(21-14)13(20)17-7-9-4-6-19(2)18-9/h3-6H,7,15H2,1-2H3,(H,17,20). The van der Waals surface area contributed by atoms with Crippen molar-refractivity contribution in [2.75, 3.05) is 5.73 Å². The molecule has 0 saturated carbocycles. The van der Waals surface area contributed by atoms with Crippen LogP contribution in [0.4, 0.5) is 5.69 Å². The normalized spacial score (nSPS) is 11.0. The molecule has 3 aromatic heterocycles. The van der Waals surface area contributed by atoms with Crippen LogP contribution >= 0.6 is 11.3 Å². The molecule has 7 heteroatoms. The first kappa shape index (κ1) is 13.6. The van der Waals surface area contributed by atoms with Gasteiger partial charge in [-0.3, -0.25) is 9.48 Å². The number of nitrogens with zero attached hydrogens (tertiary/aromatic N) is 3. The van der Waals surface area contributed by atoms with E-state index >= 15 is 0 Å². The summed E-state index contributed by atoms with van der Waals surface area (Å²) in [5.41, 5.74) is 8.43. The number of hydrogen-bond donors (Lipinski definition) is 2. The minimum absolute atomic E-state index is 0.194. The molecular formula is C14H15N5OS. The predicted octanol–water partition coefficient (Wildman–Crippen LogP) is 1.85. The largest absolute Gasteiger partial charge is 0.397 e. The van der Waals surface area contributed by atoms with Crippen LogP contribution in [0.5, 0.6) is 0 Å². The van der Waals surface area contributed by atoms with E-state index in [0.29, 0.717) is 17.1 Å². The van der Waals surface area contributed by atoms with E-state index in [2.05, 4.69) is 15.4 Å². The summed E-state index contributed by atoms with van der Waals surface area (Å²) in [6.45, 7) is 2.34. The van der Waals surface area contributed by atoms with E-state index in [1.165, 1.54) is 11.3 Å². The number of fused-ring (bicyclic) bond motifs is 1. The Bertz CT molecular complexity index is 820. The maximum absolute atomic E-state index is 12.3. The van der Waals surface area contributed by atoms with Crippen molar-refractivity contribution in [3.05, 3.63) is 40.7 Å². The number of aryl methyl sites for hydroxylation is 2. The second-order valence-electron chi connectivity index (χ2n) is 4.82. The first-order valence-electron chi connectivity index (χ1n) is 6.46. The molecule has 0 aliphatic rings. The third kappa shape index (κ3) is 2.47. The smallest absolute Gasteiger partial charge is 0.263 e. The second-order valence-corrected chi connectivity index (χ2v) is 5.82. The van der Waals surface area contributed by atoms with Crippen LogP contribution in [0.25, 0.3) is 10.2 Å². The summed E-state index contributed by atoms with van der Waals surface area (Å²) in [4.78, 5) is 17.8. The summed E-state index contributed by atoms with van der Waals surface area (Å²) in [5, 5.41) is 7.92. The van der Waals surface area contributed by atoms with E-state index in [0.717, 1.165) is 21.5 Å². The molecule has 6 nitrogen and oxygen atoms in total. The van der Waals surface area contributed by atoms with Gasteiger partial charge in [0, 0.05) is 24.8 Å². The van der Waals surface area contributed by atoms with Gasteiger partial charge in [0.15, 0.2) is 0 Å². The van der Waals surface area contributed by atoms with Crippen molar-refractivity contribution in [1.82, 2.24) is 20.1 Å². The first-order chi connectivity index (χ1) is 10.1. The van der Waals surface area contributed by atoms with Crippen molar-refractivity contribution in [1.29, 1.82) is 0 Å². The number of nitrogens with two attached hydrogens (primary N) is 1. The average Bonchev–Trinajstić information content (AvgIpc) is 3.01. The van der Waals surface area contributed by atoms with Gasteiger partial charge in [-0.25, -0.2) is 4.98 Å². The predicted molar refractivity (Wildman–Crippen MR) is 83.1 cm³/mol. The number of anilines is 1.